The zero-order chi connectivity index (χ0) is 27.6. The Morgan fingerprint density at radius 3 is 1.46 bits per heavy atom. The van der Waals surface area contributed by atoms with Crippen LogP contribution >= 0.6 is 11.6 Å². The molecule has 0 heterocycles. The number of anilines is 2. The molecule has 0 aliphatic heterocycles. The van der Waals surface area contributed by atoms with Crippen LogP contribution in [0.3, 0.4) is 0 Å². The molecule has 0 saturated heterocycles. The molecular formula is C34H33ClN2O2. The van der Waals surface area contributed by atoms with Gasteiger partial charge in [0.2, 0.25) is 0 Å². The van der Waals surface area contributed by atoms with Gasteiger partial charge < -0.3 is 20.8 Å². The van der Waals surface area contributed by atoms with E-state index in [1.54, 1.807) is 12.1 Å². The summed E-state index contributed by atoms with van der Waals surface area (Å²) in [6, 6.07) is 37.4. The van der Waals surface area contributed by atoms with Crippen molar-refractivity contribution in [3.8, 4) is 22.6 Å². The van der Waals surface area contributed by atoms with Crippen molar-refractivity contribution >= 4 is 23.0 Å². The predicted molar refractivity (Wildman–Crippen MR) is 164 cm³/mol. The Morgan fingerprint density at radius 2 is 0.974 bits per heavy atom. The van der Waals surface area contributed by atoms with E-state index in [4.69, 9.17) is 11.6 Å². The lowest BCUT2D eigenvalue weighted by Crippen LogP contribution is -2.00. The molecule has 5 aromatic rings. The third-order valence-electron chi connectivity index (χ3n) is 6.27. The van der Waals surface area contributed by atoms with Crippen molar-refractivity contribution in [3.05, 3.63) is 143 Å². The third-order valence-corrected chi connectivity index (χ3v) is 6.52. The molecule has 0 saturated carbocycles. The van der Waals surface area contributed by atoms with E-state index in [2.05, 4.69) is 47.0 Å². The summed E-state index contributed by atoms with van der Waals surface area (Å²) in [5.74, 6) is 0.649. The fraction of sp³-hybridized carbons (Fsp3) is 0.118. The molecule has 0 fully saturated rings. The summed E-state index contributed by atoms with van der Waals surface area (Å²) in [5, 5.41) is 26.9. The van der Waals surface area contributed by atoms with Gasteiger partial charge >= 0.3 is 0 Å². The first-order valence-electron chi connectivity index (χ1n) is 12.8. The number of hydrogen-bond donors (Lipinski definition) is 4. The number of halogens is 1. The van der Waals surface area contributed by atoms with Crippen molar-refractivity contribution in [1.29, 1.82) is 0 Å². The lowest BCUT2D eigenvalue weighted by atomic mass is 10.1. The first-order valence-corrected chi connectivity index (χ1v) is 13.2. The molecule has 5 rings (SSSR count). The van der Waals surface area contributed by atoms with Gasteiger partial charge in [0.15, 0.2) is 0 Å². The third kappa shape index (κ3) is 8.29. The van der Waals surface area contributed by atoms with Crippen LogP contribution in [0.5, 0.6) is 11.5 Å². The van der Waals surface area contributed by atoms with E-state index >= 15 is 0 Å². The summed E-state index contributed by atoms with van der Waals surface area (Å²) in [5.41, 5.74) is 8.52. The Bertz CT molecular complexity index is 1480. The van der Waals surface area contributed by atoms with Gasteiger partial charge in [-0.15, -0.1) is 0 Å². The van der Waals surface area contributed by atoms with Crippen molar-refractivity contribution < 1.29 is 10.2 Å². The minimum atomic E-state index is 0.317. The Morgan fingerprint density at radius 1 is 0.538 bits per heavy atom. The van der Waals surface area contributed by atoms with Crippen LogP contribution in [0.15, 0.2) is 115 Å². The second-order valence-electron chi connectivity index (χ2n) is 9.42. The number of phenolic OH excluding ortho intramolecular Hbond substituents is 2. The molecule has 5 aromatic carbocycles. The molecule has 0 bridgehead atoms. The molecule has 0 spiro atoms. The SMILES string of the molecule is Cc1ccc(O)c(CNc2ccc(-c3ccccc3)cc2)c1.Cc1ccc(O)c(CNc2ccc(Cl)cc2)c1. The normalized spacial score (nSPS) is 10.3. The number of nitrogens with one attached hydrogen (secondary N) is 2. The standard InChI is InChI=1S/C20H19NO.C14H14ClNO/c1-15-7-12-20(22)18(13-15)14-21-19-10-8-17(9-11-19)16-5-3-2-4-6-16;1-10-2-7-14(17)11(8-10)9-16-13-5-3-12(15)4-6-13/h2-13,21-22H,14H2,1H3;2-8,16-17H,9H2,1H3. The number of benzene rings is 5. The number of rotatable bonds is 7. The van der Waals surface area contributed by atoms with Crippen LogP contribution in [0.4, 0.5) is 11.4 Å². The summed E-state index contributed by atoms with van der Waals surface area (Å²) in [7, 11) is 0. The fourth-order valence-corrected chi connectivity index (χ4v) is 4.21. The average Bonchev–Trinajstić information content (AvgIpc) is 2.96. The van der Waals surface area contributed by atoms with E-state index in [-0.39, 0.29) is 0 Å². The molecule has 4 N–H and O–H groups in total. The van der Waals surface area contributed by atoms with Crippen molar-refractivity contribution in [2.75, 3.05) is 10.6 Å². The van der Waals surface area contributed by atoms with E-state index < -0.39 is 0 Å². The lowest BCUT2D eigenvalue weighted by molar-refractivity contribution is 0.468. The average molecular weight is 537 g/mol. The van der Waals surface area contributed by atoms with E-state index in [1.807, 2.05) is 80.6 Å². The summed E-state index contributed by atoms with van der Waals surface area (Å²) in [6.07, 6.45) is 0. The number of hydrogen-bond acceptors (Lipinski definition) is 4. The summed E-state index contributed by atoms with van der Waals surface area (Å²) in [6.45, 7) is 5.23. The summed E-state index contributed by atoms with van der Waals surface area (Å²) >= 11 is 5.81. The minimum absolute atomic E-state index is 0.317. The first-order chi connectivity index (χ1) is 18.9. The van der Waals surface area contributed by atoms with Crippen molar-refractivity contribution in [2.24, 2.45) is 0 Å². The van der Waals surface area contributed by atoms with Gasteiger partial charge in [0.25, 0.3) is 0 Å². The molecule has 0 unspecified atom stereocenters. The molecular weight excluding hydrogens is 504 g/mol. The zero-order valence-electron chi connectivity index (χ0n) is 22.2. The highest BCUT2D eigenvalue weighted by molar-refractivity contribution is 6.30. The molecule has 0 aromatic heterocycles. The van der Waals surface area contributed by atoms with Crippen molar-refractivity contribution in [3.63, 3.8) is 0 Å². The molecule has 39 heavy (non-hydrogen) atoms. The van der Waals surface area contributed by atoms with Crippen molar-refractivity contribution in [2.45, 2.75) is 26.9 Å². The maximum Gasteiger partial charge on any atom is 0.120 e. The van der Waals surface area contributed by atoms with Gasteiger partial charge in [0.05, 0.1) is 0 Å². The number of aromatic hydroxyl groups is 2. The van der Waals surface area contributed by atoms with Crippen LogP contribution in [0.2, 0.25) is 5.02 Å². The molecule has 0 radical (unpaired) electrons. The van der Waals surface area contributed by atoms with Crippen LogP contribution in [0.25, 0.3) is 11.1 Å². The largest absolute Gasteiger partial charge is 0.508 e. The second-order valence-corrected chi connectivity index (χ2v) is 9.86. The Balaban J connectivity index is 0.000000187. The molecule has 0 aliphatic rings. The maximum absolute atomic E-state index is 9.87. The second kappa shape index (κ2) is 13.4. The van der Waals surface area contributed by atoms with Crippen LogP contribution in [-0.4, -0.2) is 10.2 Å². The van der Waals surface area contributed by atoms with Gasteiger partial charge in [-0.3, -0.25) is 0 Å². The molecule has 0 atom stereocenters. The van der Waals surface area contributed by atoms with Gasteiger partial charge in [-0.05, 0) is 73.5 Å². The molecule has 0 aliphatic carbocycles. The Labute approximate surface area is 235 Å². The molecule has 4 nitrogen and oxygen atoms in total. The zero-order valence-corrected chi connectivity index (χ0v) is 22.9. The van der Waals surface area contributed by atoms with Gasteiger partial charge in [-0.1, -0.05) is 89.5 Å². The highest BCUT2D eigenvalue weighted by atomic mass is 35.5. The molecule has 5 heteroatoms. The van der Waals surface area contributed by atoms with Crippen LogP contribution in [-0.2, 0) is 13.1 Å². The quantitative estimate of drug-likeness (QED) is 0.168. The van der Waals surface area contributed by atoms with Gasteiger partial charge in [-0.25, -0.2) is 0 Å². The topological polar surface area (TPSA) is 64.5 Å². The number of aryl methyl sites for hydroxylation is 2. The highest BCUT2D eigenvalue weighted by Gasteiger charge is 2.03. The Kier molecular flexibility index (Phi) is 9.49. The van der Waals surface area contributed by atoms with E-state index in [0.29, 0.717) is 29.6 Å². The van der Waals surface area contributed by atoms with E-state index in [9.17, 15) is 10.2 Å². The van der Waals surface area contributed by atoms with Gasteiger partial charge in [-0.2, -0.15) is 0 Å². The van der Waals surface area contributed by atoms with Gasteiger partial charge in [0, 0.05) is 40.6 Å². The van der Waals surface area contributed by atoms with Gasteiger partial charge in [0.1, 0.15) is 11.5 Å². The first kappa shape index (κ1) is 27.6. The fourth-order valence-electron chi connectivity index (χ4n) is 4.09. The maximum atomic E-state index is 9.87. The Hall–Kier alpha value is -4.41. The summed E-state index contributed by atoms with van der Waals surface area (Å²) in [4.78, 5) is 0. The smallest absolute Gasteiger partial charge is 0.120 e. The highest BCUT2D eigenvalue weighted by Crippen LogP contribution is 2.24. The molecule has 198 valence electrons. The minimum Gasteiger partial charge on any atom is -0.508 e. The monoisotopic (exact) mass is 536 g/mol. The van der Waals surface area contributed by atoms with Crippen molar-refractivity contribution in [1.82, 2.24) is 0 Å². The molecule has 0 amide bonds. The van der Waals surface area contributed by atoms with Crippen LogP contribution < -0.4 is 10.6 Å². The number of phenols is 2. The lowest BCUT2D eigenvalue weighted by Gasteiger charge is -2.10. The van der Waals surface area contributed by atoms with E-state index in [0.717, 1.165) is 33.6 Å². The van der Waals surface area contributed by atoms with Crippen LogP contribution in [0.1, 0.15) is 22.3 Å². The van der Waals surface area contributed by atoms with E-state index in [1.165, 1.54) is 11.1 Å². The summed E-state index contributed by atoms with van der Waals surface area (Å²) < 4.78 is 0. The predicted octanol–water partition coefficient (Wildman–Crippen LogP) is 8.95. The van der Waals surface area contributed by atoms with Crippen LogP contribution in [0, 0.1) is 13.8 Å².